The first-order chi connectivity index (χ1) is 15.0. The molecule has 0 aliphatic rings. The summed E-state index contributed by atoms with van der Waals surface area (Å²) in [5.74, 6) is 12.3. The Morgan fingerprint density at radius 3 is 1.52 bits per heavy atom. The molecular weight excluding hydrogens is 380 g/mol. The molecule has 0 aliphatic carbocycles. The van der Waals surface area contributed by atoms with Crippen molar-refractivity contribution in [2.45, 2.75) is 6.92 Å². The van der Waals surface area contributed by atoms with Gasteiger partial charge in [0, 0.05) is 33.4 Å². The molecule has 0 spiro atoms. The molecule has 3 rings (SSSR count). The van der Waals surface area contributed by atoms with Gasteiger partial charge < -0.3 is 0 Å². The first kappa shape index (κ1) is 21.3. The fourth-order valence-electron chi connectivity index (χ4n) is 2.84. The lowest BCUT2D eigenvalue weighted by molar-refractivity contribution is 0.103. The lowest BCUT2D eigenvalue weighted by Crippen LogP contribution is -1.92. The summed E-state index contributed by atoms with van der Waals surface area (Å²) >= 11 is 0. The van der Waals surface area contributed by atoms with Crippen molar-refractivity contribution in [1.82, 2.24) is 0 Å². The zero-order valence-electron chi connectivity index (χ0n) is 17.2. The number of benzene rings is 3. The number of aryl methyl sites for hydroxylation is 1. The van der Waals surface area contributed by atoms with Crippen molar-refractivity contribution in [2.75, 3.05) is 0 Å². The van der Waals surface area contributed by atoms with Crippen LogP contribution in [0, 0.1) is 30.6 Å². The van der Waals surface area contributed by atoms with Gasteiger partial charge >= 0.3 is 0 Å². The van der Waals surface area contributed by atoms with E-state index in [1.807, 2.05) is 49.4 Å². The van der Waals surface area contributed by atoms with Crippen molar-refractivity contribution in [2.24, 2.45) is 0 Å². The van der Waals surface area contributed by atoms with E-state index in [1.54, 1.807) is 24.3 Å². The third kappa shape index (κ3) is 5.57. The molecule has 0 N–H and O–H groups in total. The van der Waals surface area contributed by atoms with Crippen molar-refractivity contribution >= 4 is 11.6 Å². The van der Waals surface area contributed by atoms with Gasteiger partial charge in [-0.1, -0.05) is 36.8 Å². The highest BCUT2D eigenvalue weighted by molar-refractivity contribution is 6.04. The topological polar surface area (TPSA) is 34.1 Å². The number of hydrogen-bond donors (Lipinski definition) is 0. The molecule has 3 aromatic carbocycles. The SMILES string of the molecule is C=CC(=O)c1ccc(C#Cc2ccc(C#Cc3ccc(C(=O)C=C)cc3)c(C)c2)cc1. The van der Waals surface area contributed by atoms with Gasteiger partial charge in [0.1, 0.15) is 0 Å². The molecule has 0 atom stereocenters. The number of hydrogen-bond acceptors (Lipinski definition) is 2. The summed E-state index contributed by atoms with van der Waals surface area (Å²) < 4.78 is 0. The number of allylic oxidation sites excluding steroid dienone is 2. The summed E-state index contributed by atoms with van der Waals surface area (Å²) in [7, 11) is 0. The Bertz CT molecular complexity index is 1280. The Morgan fingerprint density at radius 1 is 0.645 bits per heavy atom. The predicted molar refractivity (Wildman–Crippen MR) is 125 cm³/mol. The van der Waals surface area contributed by atoms with Gasteiger partial charge in [0.2, 0.25) is 0 Å². The van der Waals surface area contributed by atoms with E-state index >= 15 is 0 Å². The van der Waals surface area contributed by atoms with Gasteiger partial charge in [-0.05, 0) is 91.4 Å². The van der Waals surface area contributed by atoms with Crippen molar-refractivity contribution in [3.63, 3.8) is 0 Å². The van der Waals surface area contributed by atoms with Crippen LogP contribution in [-0.2, 0) is 0 Å². The molecule has 0 fully saturated rings. The largest absolute Gasteiger partial charge is 0.289 e. The molecular formula is C29H20O2. The van der Waals surface area contributed by atoms with Crippen molar-refractivity contribution in [3.8, 4) is 23.7 Å². The second-order valence-electron chi connectivity index (χ2n) is 6.82. The Labute approximate surface area is 183 Å². The summed E-state index contributed by atoms with van der Waals surface area (Å²) in [6, 6.07) is 20.2. The van der Waals surface area contributed by atoms with Crippen LogP contribution in [0.4, 0.5) is 0 Å². The molecule has 31 heavy (non-hydrogen) atoms. The number of carbonyl (C=O) groups excluding carboxylic acids is 2. The fraction of sp³-hybridized carbons (Fsp3) is 0.0345. The van der Waals surface area contributed by atoms with E-state index in [9.17, 15) is 9.59 Å². The van der Waals surface area contributed by atoms with Crippen LogP contribution < -0.4 is 0 Å². The predicted octanol–water partition coefficient (Wildman–Crippen LogP) is 5.53. The molecule has 2 heteroatoms. The monoisotopic (exact) mass is 400 g/mol. The van der Waals surface area contributed by atoms with E-state index in [1.165, 1.54) is 12.2 Å². The van der Waals surface area contributed by atoms with E-state index < -0.39 is 0 Å². The van der Waals surface area contributed by atoms with Gasteiger partial charge in [0.05, 0.1) is 0 Å². The highest BCUT2D eigenvalue weighted by Gasteiger charge is 2.01. The van der Waals surface area contributed by atoms with E-state index in [2.05, 4.69) is 36.8 Å². The molecule has 0 amide bonds. The molecule has 0 heterocycles. The van der Waals surface area contributed by atoms with E-state index in [0.717, 1.165) is 27.8 Å². The van der Waals surface area contributed by atoms with Crippen LogP contribution in [-0.4, -0.2) is 11.6 Å². The minimum absolute atomic E-state index is 0.103. The Morgan fingerprint density at radius 2 is 1.06 bits per heavy atom. The number of rotatable bonds is 4. The molecule has 2 nitrogen and oxygen atoms in total. The number of ketones is 2. The highest BCUT2D eigenvalue weighted by Crippen LogP contribution is 2.11. The lowest BCUT2D eigenvalue weighted by atomic mass is 10.0. The summed E-state index contributed by atoms with van der Waals surface area (Å²) in [4.78, 5) is 23.2. The molecule has 148 valence electrons. The quantitative estimate of drug-likeness (QED) is 0.328. The van der Waals surface area contributed by atoms with E-state index in [4.69, 9.17) is 0 Å². The smallest absolute Gasteiger partial charge is 0.185 e. The lowest BCUT2D eigenvalue weighted by Gasteiger charge is -1.99. The molecule has 0 saturated heterocycles. The van der Waals surface area contributed by atoms with Crippen LogP contribution in [0.3, 0.4) is 0 Å². The van der Waals surface area contributed by atoms with Crippen molar-refractivity contribution < 1.29 is 9.59 Å². The normalized spacial score (nSPS) is 9.45. The van der Waals surface area contributed by atoms with Crippen LogP contribution in [0.25, 0.3) is 0 Å². The Hall–Kier alpha value is -4.40. The molecule has 0 unspecified atom stereocenters. The first-order valence-corrected chi connectivity index (χ1v) is 9.68. The third-order valence-corrected chi connectivity index (χ3v) is 4.63. The Kier molecular flexibility index (Phi) is 6.79. The maximum atomic E-state index is 11.6. The van der Waals surface area contributed by atoms with Gasteiger partial charge in [-0.15, -0.1) is 0 Å². The van der Waals surface area contributed by atoms with Crippen molar-refractivity contribution in [1.29, 1.82) is 0 Å². The van der Waals surface area contributed by atoms with Gasteiger partial charge in [0.15, 0.2) is 11.6 Å². The Balaban J connectivity index is 1.74. The number of carbonyl (C=O) groups is 2. The standard InChI is InChI=1S/C29H20O2/c1-4-28(30)26-16-9-22(10-17-26)6-7-24-13-15-25(21(3)20-24)14-8-23-11-18-27(19-12-23)29(31)5-2/h4-5,9-13,15-20H,1-2H2,3H3. The summed E-state index contributed by atoms with van der Waals surface area (Å²) in [5, 5.41) is 0. The van der Waals surface area contributed by atoms with Crippen LogP contribution in [0.1, 0.15) is 48.5 Å². The minimum Gasteiger partial charge on any atom is -0.289 e. The fourth-order valence-corrected chi connectivity index (χ4v) is 2.84. The molecule has 0 radical (unpaired) electrons. The zero-order chi connectivity index (χ0) is 22.2. The van der Waals surface area contributed by atoms with Crippen molar-refractivity contribution in [3.05, 3.63) is 131 Å². The molecule has 3 aromatic rings. The minimum atomic E-state index is -0.104. The molecule has 0 aromatic heterocycles. The zero-order valence-corrected chi connectivity index (χ0v) is 17.2. The third-order valence-electron chi connectivity index (χ3n) is 4.63. The van der Waals surface area contributed by atoms with Gasteiger partial charge in [-0.2, -0.15) is 0 Å². The summed E-state index contributed by atoms with van der Waals surface area (Å²) in [5.41, 5.74) is 5.71. The van der Waals surface area contributed by atoms with Gasteiger partial charge in [-0.3, -0.25) is 9.59 Å². The van der Waals surface area contributed by atoms with Gasteiger partial charge in [0.25, 0.3) is 0 Å². The average Bonchev–Trinajstić information content (AvgIpc) is 2.81. The summed E-state index contributed by atoms with van der Waals surface area (Å²) in [6.07, 6.45) is 2.60. The molecule has 0 saturated carbocycles. The van der Waals surface area contributed by atoms with E-state index in [0.29, 0.717) is 11.1 Å². The second-order valence-corrected chi connectivity index (χ2v) is 6.82. The maximum Gasteiger partial charge on any atom is 0.185 e. The summed E-state index contributed by atoms with van der Waals surface area (Å²) in [6.45, 7) is 8.98. The van der Waals surface area contributed by atoms with Crippen LogP contribution in [0.2, 0.25) is 0 Å². The first-order valence-electron chi connectivity index (χ1n) is 9.68. The van der Waals surface area contributed by atoms with Crippen LogP contribution >= 0.6 is 0 Å². The highest BCUT2D eigenvalue weighted by atomic mass is 16.1. The maximum absolute atomic E-state index is 11.6. The van der Waals surface area contributed by atoms with Crippen LogP contribution in [0.15, 0.2) is 92.0 Å². The van der Waals surface area contributed by atoms with Crippen LogP contribution in [0.5, 0.6) is 0 Å². The molecule has 0 aliphatic heterocycles. The van der Waals surface area contributed by atoms with E-state index in [-0.39, 0.29) is 11.6 Å². The van der Waals surface area contributed by atoms with Gasteiger partial charge in [-0.25, -0.2) is 0 Å². The average molecular weight is 400 g/mol. The molecule has 0 bridgehead atoms. The second kappa shape index (κ2) is 9.88.